The van der Waals surface area contributed by atoms with Crippen molar-refractivity contribution < 1.29 is 36.7 Å². The van der Waals surface area contributed by atoms with Crippen molar-refractivity contribution in [1.82, 2.24) is 26.1 Å². The number of hydrogen-bond donors (Lipinski definition) is 5. The van der Waals surface area contributed by atoms with Crippen molar-refractivity contribution in [2.24, 2.45) is 4.99 Å². The van der Waals surface area contributed by atoms with Gasteiger partial charge >= 0.3 is 12.1 Å². The molecule has 218 valence electrons. The fourth-order valence-electron chi connectivity index (χ4n) is 4.03. The number of aromatic amines is 1. The Morgan fingerprint density at radius 1 is 1.20 bits per heavy atom. The van der Waals surface area contributed by atoms with E-state index in [1.54, 1.807) is 28.7 Å². The highest BCUT2D eigenvalue weighted by Gasteiger charge is 2.32. The van der Waals surface area contributed by atoms with Crippen LogP contribution in [-0.2, 0) is 20.5 Å². The Hall–Kier alpha value is -3.96. The second kappa shape index (κ2) is 12.7. The number of alkyl halides is 4. The van der Waals surface area contributed by atoms with Crippen LogP contribution in [0.2, 0.25) is 0 Å². The largest absolute Gasteiger partial charge is 0.469 e. The fourth-order valence-corrected chi connectivity index (χ4v) is 4.73. The molecule has 2 aromatic carbocycles. The molecule has 16 heteroatoms. The number of fused-ring (bicyclic) bond motifs is 1. The van der Waals surface area contributed by atoms with Gasteiger partial charge in [0.15, 0.2) is 5.96 Å². The summed E-state index contributed by atoms with van der Waals surface area (Å²) >= 11 is 1.71. The molecule has 3 aromatic rings. The van der Waals surface area contributed by atoms with Crippen LogP contribution in [0.3, 0.4) is 0 Å². The van der Waals surface area contributed by atoms with E-state index >= 15 is 0 Å². The SMILES string of the molecule is COC(=O)C[C@H](NC(=O)CNC(=O)c1cc(NC2=NCC(F)CN2)cc2[nH]ncc12)c1cc(I)cc(C(F)(F)F)c1. The Kier molecular flexibility index (Phi) is 9.29. The molecule has 1 aliphatic heterocycles. The highest BCUT2D eigenvalue weighted by Crippen LogP contribution is 2.33. The summed E-state index contributed by atoms with van der Waals surface area (Å²) in [4.78, 5) is 41.9. The number of esters is 1. The van der Waals surface area contributed by atoms with Crippen molar-refractivity contribution >= 4 is 62.9 Å². The first-order valence-electron chi connectivity index (χ1n) is 12.1. The number of aliphatic imine (C=N–C) groups is 1. The predicted octanol–water partition coefficient (Wildman–Crippen LogP) is 3.05. The van der Waals surface area contributed by atoms with Crippen molar-refractivity contribution in [3.63, 3.8) is 0 Å². The van der Waals surface area contributed by atoms with Crippen LogP contribution < -0.4 is 21.3 Å². The molecule has 0 saturated carbocycles. The fraction of sp³-hybridized carbons (Fsp3) is 0.320. The van der Waals surface area contributed by atoms with Crippen molar-refractivity contribution in [1.29, 1.82) is 0 Å². The van der Waals surface area contributed by atoms with E-state index in [4.69, 9.17) is 0 Å². The zero-order chi connectivity index (χ0) is 29.7. The molecule has 1 aliphatic rings. The van der Waals surface area contributed by atoms with E-state index in [-0.39, 0.29) is 27.8 Å². The topological polar surface area (TPSA) is 150 Å². The normalized spacial score (nSPS) is 15.9. The number of carbonyl (C=O) groups is 3. The van der Waals surface area contributed by atoms with Crippen molar-refractivity contribution in [2.75, 3.05) is 32.1 Å². The summed E-state index contributed by atoms with van der Waals surface area (Å²) in [6.07, 6.45) is -4.74. The maximum atomic E-state index is 13.4. The summed E-state index contributed by atoms with van der Waals surface area (Å²) in [5.74, 6) is -1.82. The first kappa shape index (κ1) is 30.0. The number of carbonyl (C=O) groups excluding carboxylic acids is 3. The van der Waals surface area contributed by atoms with Crippen molar-refractivity contribution in [2.45, 2.75) is 24.8 Å². The molecule has 0 fully saturated rings. The van der Waals surface area contributed by atoms with Gasteiger partial charge in [-0.15, -0.1) is 0 Å². The van der Waals surface area contributed by atoms with Crippen LogP contribution in [0.1, 0.15) is 33.9 Å². The number of halogens is 5. The molecule has 0 spiro atoms. The van der Waals surface area contributed by atoms with Gasteiger partial charge in [-0.25, -0.2) is 9.38 Å². The van der Waals surface area contributed by atoms with Gasteiger partial charge in [0.05, 0.1) is 62.0 Å². The summed E-state index contributed by atoms with van der Waals surface area (Å²) in [6.45, 7) is -0.479. The minimum Gasteiger partial charge on any atom is -0.469 e. The van der Waals surface area contributed by atoms with Gasteiger partial charge in [0.25, 0.3) is 5.91 Å². The monoisotopic (exact) mass is 689 g/mol. The molecule has 0 saturated heterocycles. The summed E-state index contributed by atoms with van der Waals surface area (Å²) in [5.41, 5.74) is 0.212. The summed E-state index contributed by atoms with van der Waals surface area (Å²) < 4.78 is 58.4. The molecule has 2 atom stereocenters. The molecule has 1 unspecified atom stereocenters. The van der Waals surface area contributed by atoms with Gasteiger partial charge in [0.2, 0.25) is 5.91 Å². The number of ether oxygens (including phenoxy) is 1. The second-order valence-corrected chi connectivity index (χ2v) is 10.2. The van der Waals surface area contributed by atoms with Gasteiger partial charge in [-0.1, -0.05) is 0 Å². The molecular formula is C25H24F4IN7O4. The first-order chi connectivity index (χ1) is 19.4. The molecular weight excluding hydrogens is 665 g/mol. The molecule has 2 amide bonds. The van der Waals surface area contributed by atoms with Gasteiger partial charge in [-0.05, 0) is 58.5 Å². The number of hydrogen-bond acceptors (Lipinski definition) is 8. The third kappa shape index (κ3) is 7.83. The van der Waals surface area contributed by atoms with Gasteiger partial charge < -0.3 is 26.0 Å². The Balaban J connectivity index is 1.48. The number of aromatic nitrogens is 2. The van der Waals surface area contributed by atoms with Crippen LogP contribution in [0.4, 0.5) is 23.2 Å². The number of nitrogens with one attached hydrogen (secondary N) is 5. The maximum Gasteiger partial charge on any atom is 0.416 e. The summed E-state index contributed by atoms with van der Waals surface area (Å²) in [6, 6.07) is 5.23. The molecule has 11 nitrogen and oxygen atoms in total. The Morgan fingerprint density at radius 3 is 2.66 bits per heavy atom. The van der Waals surface area contributed by atoms with E-state index in [0.29, 0.717) is 22.5 Å². The van der Waals surface area contributed by atoms with E-state index in [2.05, 4.69) is 41.2 Å². The van der Waals surface area contributed by atoms with Crippen molar-refractivity contribution in [3.05, 3.63) is 56.8 Å². The minimum absolute atomic E-state index is 0.0132. The highest BCUT2D eigenvalue weighted by molar-refractivity contribution is 14.1. The molecule has 1 aromatic heterocycles. The Labute approximate surface area is 244 Å². The standard InChI is InChI=1S/C25H24F4IN7O4/c1-41-22(39)7-19(12-2-13(25(27,28)29)4-15(30)3-12)36-21(38)11-31-23(40)17-5-16(6-20-18(17)10-34-37-20)35-24-32-8-14(26)9-33-24/h2-6,10,14,19H,7-9,11H2,1H3,(H,31,40)(H,34,37)(H,36,38)(H2,32,33,35)/t19-/m0/s1. The van der Waals surface area contributed by atoms with E-state index in [1.807, 2.05) is 0 Å². The molecule has 0 bridgehead atoms. The van der Waals surface area contributed by atoms with Gasteiger partial charge in [0.1, 0.15) is 6.17 Å². The number of anilines is 1. The number of methoxy groups -OCH3 is 1. The van der Waals surface area contributed by atoms with E-state index in [9.17, 15) is 31.9 Å². The Bertz CT molecular complexity index is 1490. The number of H-pyrrole nitrogens is 1. The van der Waals surface area contributed by atoms with Gasteiger partial charge in [0, 0.05) is 14.6 Å². The molecule has 0 aliphatic carbocycles. The smallest absolute Gasteiger partial charge is 0.416 e. The maximum absolute atomic E-state index is 13.4. The average molecular weight is 689 g/mol. The lowest BCUT2D eigenvalue weighted by molar-refractivity contribution is -0.141. The zero-order valence-corrected chi connectivity index (χ0v) is 23.5. The van der Waals surface area contributed by atoms with E-state index < -0.39 is 54.7 Å². The predicted molar refractivity (Wildman–Crippen MR) is 149 cm³/mol. The van der Waals surface area contributed by atoms with Crippen LogP contribution in [0.25, 0.3) is 10.9 Å². The van der Waals surface area contributed by atoms with E-state index in [0.717, 1.165) is 19.2 Å². The van der Waals surface area contributed by atoms with Crippen LogP contribution in [0.5, 0.6) is 0 Å². The van der Waals surface area contributed by atoms with Crippen LogP contribution in [0, 0.1) is 3.57 Å². The summed E-state index contributed by atoms with van der Waals surface area (Å²) in [7, 11) is 1.12. The number of rotatable bonds is 8. The third-order valence-electron chi connectivity index (χ3n) is 6.00. The number of amides is 2. The lowest BCUT2D eigenvalue weighted by Gasteiger charge is -2.20. The lowest BCUT2D eigenvalue weighted by atomic mass is 10.0. The number of nitrogens with zero attached hydrogens (tertiary/aromatic N) is 2. The van der Waals surface area contributed by atoms with Gasteiger partial charge in [-0.2, -0.15) is 18.3 Å². The quantitative estimate of drug-likeness (QED) is 0.139. The zero-order valence-electron chi connectivity index (χ0n) is 21.4. The lowest BCUT2D eigenvalue weighted by Crippen LogP contribution is -2.41. The molecule has 41 heavy (non-hydrogen) atoms. The first-order valence-corrected chi connectivity index (χ1v) is 13.2. The second-order valence-electron chi connectivity index (χ2n) is 9.00. The van der Waals surface area contributed by atoms with Crippen LogP contribution >= 0.6 is 22.6 Å². The number of benzene rings is 2. The average Bonchev–Trinajstić information content (AvgIpc) is 3.40. The molecule has 4 rings (SSSR count). The Morgan fingerprint density at radius 2 is 1.98 bits per heavy atom. The van der Waals surface area contributed by atoms with E-state index in [1.165, 1.54) is 18.3 Å². The minimum atomic E-state index is -4.64. The number of guanidine groups is 1. The van der Waals surface area contributed by atoms with Crippen molar-refractivity contribution in [3.8, 4) is 0 Å². The van der Waals surface area contributed by atoms with Gasteiger partial charge in [-0.3, -0.25) is 19.5 Å². The summed E-state index contributed by atoms with van der Waals surface area (Å²) in [5, 5.41) is 17.9. The molecule has 5 N–H and O–H groups in total. The third-order valence-corrected chi connectivity index (χ3v) is 6.62. The molecule has 0 radical (unpaired) electrons. The van der Waals surface area contributed by atoms with Crippen LogP contribution in [-0.4, -0.2) is 66.9 Å². The van der Waals surface area contributed by atoms with Crippen LogP contribution in [0.15, 0.2) is 41.5 Å². The molecule has 2 heterocycles. The highest BCUT2D eigenvalue weighted by atomic mass is 127.